The SMILES string of the molecule is C=C/C=C(\C=C/Cc1c2ccccc2c(-c2ccc3c(ccc4ccccc43)c2)c2ccccc12)n1c(/C=C\CC)c(C)c2ccccc21. The van der Waals surface area contributed by atoms with Crippen molar-refractivity contribution in [3.05, 3.63) is 181 Å². The van der Waals surface area contributed by atoms with E-state index in [9.17, 15) is 0 Å². The molecule has 0 aliphatic rings. The zero-order valence-corrected chi connectivity index (χ0v) is 28.2. The summed E-state index contributed by atoms with van der Waals surface area (Å²) in [6, 6.07) is 46.7. The highest BCUT2D eigenvalue weighted by Gasteiger charge is 2.16. The predicted octanol–water partition coefficient (Wildman–Crippen LogP) is 13.5. The Morgan fingerprint density at radius 1 is 0.633 bits per heavy atom. The molecule has 0 aliphatic carbocycles. The molecule has 0 bridgehead atoms. The van der Waals surface area contributed by atoms with E-state index >= 15 is 0 Å². The summed E-state index contributed by atoms with van der Waals surface area (Å²) in [6.07, 6.45) is 14.9. The summed E-state index contributed by atoms with van der Waals surface area (Å²) in [5.74, 6) is 0. The molecule has 1 aromatic heterocycles. The summed E-state index contributed by atoms with van der Waals surface area (Å²) in [4.78, 5) is 0. The number of nitrogens with zero attached hydrogens (tertiary/aromatic N) is 1. The molecular weight excluding hydrogens is 591 g/mol. The first-order valence-corrected chi connectivity index (χ1v) is 17.3. The van der Waals surface area contributed by atoms with Gasteiger partial charge in [0.05, 0.1) is 5.52 Å². The Hall–Kier alpha value is -5.92. The van der Waals surface area contributed by atoms with Gasteiger partial charge in [-0.2, -0.15) is 0 Å². The van der Waals surface area contributed by atoms with E-state index in [1.54, 1.807) is 0 Å². The van der Waals surface area contributed by atoms with Crippen molar-refractivity contribution in [2.75, 3.05) is 0 Å². The Balaban J connectivity index is 1.26. The van der Waals surface area contributed by atoms with Crippen LogP contribution in [0.15, 0.2) is 164 Å². The third-order valence-corrected chi connectivity index (χ3v) is 9.92. The average molecular weight is 630 g/mol. The highest BCUT2D eigenvalue weighted by Crippen LogP contribution is 2.41. The first-order valence-electron chi connectivity index (χ1n) is 17.3. The quantitative estimate of drug-likeness (QED) is 0.0895. The lowest BCUT2D eigenvalue weighted by Crippen LogP contribution is -1.98. The first kappa shape index (κ1) is 30.4. The molecule has 0 N–H and O–H groups in total. The molecule has 0 fully saturated rings. The van der Waals surface area contributed by atoms with Gasteiger partial charge in [0.2, 0.25) is 0 Å². The van der Waals surface area contributed by atoms with E-state index in [2.05, 4.69) is 183 Å². The number of hydrogen-bond acceptors (Lipinski definition) is 0. The van der Waals surface area contributed by atoms with Crippen LogP contribution in [-0.2, 0) is 6.42 Å². The second-order valence-corrected chi connectivity index (χ2v) is 12.8. The maximum atomic E-state index is 4.08. The second-order valence-electron chi connectivity index (χ2n) is 12.8. The van der Waals surface area contributed by atoms with Crippen molar-refractivity contribution in [1.82, 2.24) is 4.57 Å². The molecule has 0 radical (unpaired) electrons. The number of aromatic nitrogens is 1. The van der Waals surface area contributed by atoms with Crippen molar-refractivity contribution < 1.29 is 0 Å². The van der Waals surface area contributed by atoms with Crippen molar-refractivity contribution in [3.8, 4) is 11.1 Å². The summed E-state index contributed by atoms with van der Waals surface area (Å²) in [7, 11) is 0. The second kappa shape index (κ2) is 12.9. The van der Waals surface area contributed by atoms with Crippen molar-refractivity contribution in [1.29, 1.82) is 0 Å². The molecule has 1 heteroatoms. The smallest absolute Gasteiger partial charge is 0.0537 e. The summed E-state index contributed by atoms with van der Waals surface area (Å²) in [6.45, 7) is 8.49. The molecule has 0 saturated heterocycles. The Bertz CT molecular complexity index is 2580. The third-order valence-electron chi connectivity index (χ3n) is 9.92. The van der Waals surface area contributed by atoms with Crippen LogP contribution >= 0.6 is 0 Å². The fourth-order valence-corrected chi connectivity index (χ4v) is 7.67. The lowest BCUT2D eigenvalue weighted by molar-refractivity contribution is 1.13. The van der Waals surface area contributed by atoms with Gasteiger partial charge >= 0.3 is 0 Å². The van der Waals surface area contributed by atoms with Crippen molar-refractivity contribution in [2.24, 2.45) is 0 Å². The van der Waals surface area contributed by atoms with Crippen LogP contribution in [0, 0.1) is 6.92 Å². The third kappa shape index (κ3) is 5.29. The molecule has 236 valence electrons. The Morgan fingerprint density at radius 3 is 1.96 bits per heavy atom. The standard InChI is InChI=1S/C48H39N/c1-4-6-26-46-33(3)38-19-13-14-27-47(38)49(46)37(16-5-2)18-15-25-41-42-21-9-11-23-44(42)48(45-24-12-10-22-43(41)45)36-30-31-40-35(32-36)29-28-34-17-7-8-20-39(34)40/h5-24,26-32H,2,4,25H2,1,3H3/b18-15-,26-6-,37-16+. The number of para-hydroxylation sites is 1. The van der Waals surface area contributed by atoms with Gasteiger partial charge in [0.15, 0.2) is 0 Å². The van der Waals surface area contributed by atoms with Crippen LogP contribution < -0.4 is 0 Å². The van der Waals surface area contributed by atoms with Gasteiger partial charge < -0.3 is 4.57 Å². The minimum Gasteiger partial charge on any atom is -0.310 e. The summed E-state index contributed by atoms with van der Waals surface area (Å²) < 4.78 is 2.37. The highest BCUT2D eigenvalue weighted by molar-refractivity contribution is 6.17. The van der Waals surface area contributed by atoms with Crippen LogP contribution in [0.25, 0.3) is 76.9 Å². The van der Waals surface area contributed by atoms with E-state index in [0.29, 0.717) is 0 Å². The van der Waals surface area contributed by atoms with Crippen LogP contribution in [0.5, 0.6) is 0 Å². The van der Waals surface area contributed by atoms with Crippen LogP contribution in [0.1, 0.15) is 30.2 Å². The molecule has 1 nitrogen and oxygen atoms in total. The van der Waals surface area contributed by atoms with E-state index in [1.165, 1.54) is 81.9 Å². The summed E-state index contributed by atoms with van der Waals surface area (Å²) >= 11 is 0. The average Bonchev–Trinajstić information content (AvgIpc) is 3.43. The molecule has 0 amide bonds. The monoisotopic (exact) mass is 629 g/mol. The fraction of sp³-hybridized carbons (Fsp3) is 0.0833. The van der Waals surface area contributed by atoms with Crippen LogP contribution in [0.3, 0.4) is 0 Å². The molecule has 8 aromatic rings. The van der Waals surface area contributed by atoms with Gasteiger partial charge in [-0.05, 0) is 115 Å². The van der Waals surface area contributed by atoms with Gasteiger partial charge in [-0.1, -0.05) is 147 Å². The number of aryl methyl sites for hydroxylation is 1. The fourth-order valence-electron chi connectivity index (χ4n) is 7.67. The van der Waals surface area contributed by atoms with Crippen LogP contribution in [0.2, 0.25) is 0 Å². The lowest BCUT2D eigenvalue weighted by atomic mass is 9.86. The maximum Gasteiger partial charge on any atom is 0.0537 e. The normalized spacial score (nSPS) is 12.5. The summed E-state index contributed by atoms with van der Waals surface area (Å²) in [5, 5.41) is 11.6. The minimum absolute atomic E-state index is 0.803. The molecule has 0 atom stereocenters. The number of fused-ring (bicyclic) bond motifs is 6. The first-order chi connectivity index (χ1) is 24.2. The lowest BCUT2D eigenvalue weighted by Gasteiger charge is -2.17. The number of hydrogen-bond donors (Lipinski definition) is 0. The van der Waals surface area contributed by atoms with Crippen LogP contribution in [-0.4, -0.2) is 4.57 Å². The van der Waals surface area contributed by atoms with E-state index in [1.807, 2.05) is 6.08 Å². The number of rotatable bonds is 8. The zero-order chi connectivity index (χ0) is 33.3. The molecule has 0 spiro atoms. The minimum atomic E-state index is 0.803. The van der Waals surface area contributed by atoms with Crippen molar-refractivity contribution >= 4 is 65.8 Å². The Morgan fingerprint density at radius 2 is 1.24 bits per heavy atom. The number of allylic oxidation sites excluding steroid dienone is 6. The van der Waals surface area contributed by atoms with Crippen molar-refractivity contribution in [2.45, 2.75) is 26.7 Å². The molecule has 7 aromatic carbocycles. The molecule has 0 saturated carbocycles. The molecule has 1 heterocycles. The van der Waals surface area contributed by atoms with E-state index in [0.717, 1.165) is 18.5 Å². The zero-order valence-electron chi connectivity index (χ0n) is 28.2. The molecular formula is C48H39N. The highest BCUT2D eigenvalue weighted by atomic mass is 15.0. The van der Waals surface area contributed by atoms with E-state index in [-0.39, 0.29) is 0 Å². The molecule has 0 unspecified atom stereocenters. The van der Waals surface area contributed by atoms with Gasteiger partial charge in [0.1, 0.15) is 0 Å². The molecule has 0 aliphatic heterocycles. The van der Waals surface area contributed by atoms with Gasteiger partial charge in [0.25, 0.3) is 0 Å². The Kier molecular flexibility index (Phi) is 8.03. The Labute approximate surface area is 288 Å². The topological polar surface area (TPSA) is 4.93 Å². The van der Waals surface area contributed by atoms with E-state index in [4.69, 9.17) is 0 Å². The van der Waals surface area contributed by atoms with Gasteiger partial charge in [-0.3, -0.25) is 0 Å². The van der Waals surface area contributed by atoms with E-state index < -0.39 is 0 Å². The number of benzene rings is 7. The predicted molar refractivity (Wildman–Crippen MR) is 215 cm³/mol. The molecule has 49 heavy (non-hydrogen) atoms. The van der Waals surface area contributed by atoms with Crippen molar-refractivity contribution in [3.63, 3.8) is 0 Å². The van der Waals surface area contributed by atoms with Crippen LogP contribution in [0.4, 0.5) is 0 Å². The van der Waals surface area contributed by atoms with Gasteiger partial charge in [-0.15, -0.1) is 0 Å². The largest absolute Gasteiger partial charge is 0.310 e. The maximum absolute atomic E-state index is 4.08. The van der Waals surface area contributed by atoms with Gasteiger partial charge in [0, 0.05) is 16.8 Å². The summed E-state index contributed by atoms with van der Waals surface area (Å²) in [5.41, 5.74) is 8.69. The van der Waals surface area contributed by atoms with Gasteiger partial charge in [-0.25, -0.2) is 0 Å². The molecule has 8 rings (SSSR count).